The van der Waals surface area contributed by atoms with Crippen LogP contribution in [0.1, 0.15) is 10.4 Å². The number of carboxylic acids is 1. The molecule has 0 aliphatic heterocycles. The van der Waals surface area contributed by atoms with Crippen molar-refractivity contribution in [2.75, 3.05) is 0 Å². The third-order valence-corrected chi connectivity index (χ3v) is 3.37. The highest BCUT2D eigenvalue weighted by atomic mass is 79.9. The fraction of sp³-hybridized carbons (Fsp3) is 0. The van der Waals surface area contributed by atoms with Crippen LogP contribution in [0.15, 0.2) is 40.9 Å². The van der Waals surface area contributed by atoms with Gasteiger partial charge in [0.05, 0.1) is 9.40 Å². The maximum absolute atomic E-state index is 11.2. The number of nitrogens with zero attached hydrogens (tertiary/aromatic N) is 1. The Hall–Kier alpha value is -2.12. The Bertz CT molecular complexity index is 734. The number of ether oxygens (including phenoxy) is 1. The average molecular weight is 373 g/mol. The predicted molar refractivity (Wildman–Crippen MR) is 79.3 cm³/mol. The molecule has 1 N–H and O–H groups in total. The van der Waals surface area contributed by atoms with Crippen LogP contribution in [0.5, 0.6) is 11.5 Å². The van der Waals surface area contributed by atoms with Gasteiger partial charge in [-0.1, -0.05) is 11.6 Å². The molecule has 0 aromatic heterocycles. The Kier molecular flexibility index (Phi) is 4.44. The number of halogens is 2. The van der Waals surface area contributed by atoms with E-state index in [0.717, 1.165) is 6.07 Å². The van der Waals surface area contributed by atoms with Crippen LogP contribution >= 0.6 is 27.5 Å². The lowest BCUT2D eigenvalue weighted by Crippen LogP contribution is -2.01. The Morgan fingerprint density at radius 2 is 1.90 bits per heavy atom. The minimum absolute atomic E-state index is 0.00359. The van der Waals surface area contributed by atoms with Gasteiger partial charge in [0.1, 0.15) is 17.1 Å². The van der Waals surface area contributed by atoms with Crippen LogP contribution < -0.4 is 4.74 Å². The molecule has 0 unspecified atom stereocenters. The molecule has 0 atom stereocenters. The molecule has 6 nitrogen and oxygen atoms in total. The molecule has 0 aliphatic rings. The van der Waals surface area contributed by atoms with Gasteiger partial charge in [-0.15, -0.1) is 0 Å². The molecule has 0 heterocycles. The van der Waals surface area contributed by atoms with Crippen molar-refractivity contribution in [2.24, 2.45) is 0 Å². The topological polar surface area (TPSA) is 89.7 Å². The summed E-state index contributed by atoms with van der Waals surface area (Å²) in [7, 11) is 0. The second-order valence-corrected chi connectivity index (χ2v) is 5.21. The summed E-state index contributed by atoms with van der Waals surface area (Å²) in [5.74, 6) is -0.981. The van der Waals surface area contributed by atoms with Gasteiger partial charge in [-0.3, -0.25) is 10.1 Å². The number of carboxylic acid groups (broad SMARTS) is 1. The maximum Gasteiger partial charge on any atom is 0.339 e. The highest BCUT2D eigenvalue weighted by Crippen LogP contribution is 2.34. The van der Waals surface area contributed by atoms with Crippen molar-refractivity contribution in [3.05, 3.63) is 61.6 Å². The molecule has 2 rings (SSSR count). The molecular weight excluding hydrogens is 366 g/mol. The lowest BCUT2D eigenvalue weighted by Gasteiger charge is -2.10. The third kappa shape index (κ3) is 3.50. The van der Waals surface area contributed by atoms with Crippen molar-refractivity contribution >= 4 is 39.2 Å². The van der Waals surface area contributed by atoms with Crippen LogP contribution in [0.25, 0.3) is 0 Å². The van der Waals surface area contributed by atoms with Gasteiger partial charge in [0.2, 0.25) is 0 Å². The summed E-state index contributed by atoms with van der Waals surface area (Å²) >= 11 is 9.04. The molecule has 8 heteroatoms. The smallest absolute Gasteiger partial charge is 0.339 e. The SMILES string of the molecule is O=C(O)c1cc([N+](=O)[O-])ccc1Oc1ccc(Cl)cc1Br. The van der Waals surface area contributed by atoms with E-state index < -0.39 is 10.9 Å². The average Bonchev–Trinajstić information content (AvgIpc) is 2.41. The van der Waals surface area contributed by atoms with Gasteiger partial charge in [-0.05, 0) is 40.2 Å². The summed E-state index contributed by atoms with van der Waals surface area (Å²) in [4.78, 5) is 21.2. The molecule has 2 aromatic carbocycles. The maximum atomic E-state index is 11.2. The first-order chi connectivity index (χ1) is 9.88. The summed E-state index contributed by atoms with van der Waals surface area (Å²) in [5, 5.41) is 20.3. The molecular formula is C13H7BrClNO5. The van der Waals surface area contributed by atoms with Crippen molar-refractivity contribution < 1.29 is 19.6 Å². The van der Waals surface area contributed by atoms with E-state index in [9.17, 15) is 14.9 Å². The Morgan fingerprint density at radius 3 is 2.48 bits per heavy atom. The van der Waals surface area contributed by atoms with E-state index in [1.54, 1.807) is 18.2 Å². The van der Waals surface area contributed by atoms with Gasteiger partial charge in [0.15, 0.2) is 0 Å². The minimum atomic E-state index is -1.32. The summed E-state index contributed by atoms with van der Waals surface area (Å²) in [6.45, 7) is 0. The van der Waals surface area contributed by atoms with Crippen molar-refractivity contribution in [3.63, 3.8) is 0 Å². The van der Waals surface area contributed by atoms with Crippen molar-refractivity contribution in [3.8, 4) is 11.5 Å². The molecule has 0 amide bonds. The second-order valence-electron chi connectivity index (χ2n) is 3.92. The van der Waals surface area contributed by atoms with Crippen LogP contribution in [0.2, 0.25) is 5.02 Å². The molecule has 0 aliphatic carbocycles. The predicted octanol–water partition coefficient (Wildman–Crippen LogP) is 4.50. The first-order valence-corrected chi connectivity index (χ1v) is 6.70. The van der Waals surface area contributed by atoms with E-state index in [0.29, 0.717) is 15.2 Å². The van der Waals surface area contributed by atoms with E-state index in [2.05, 4.69) is 15.9 Å². The van der Waals surface area contributed by atoms with E-state index >= 15 is 0 Å². The normalized spacial score (nSPS) is 10.2. The standard InChI is InChI=1S/C13H7BrClNO5/c14-10-5-7(15)1-3-12(10)21-11-4-2-8(16(19)20)6-9(11)13(17)18/h1-6H,(H,17,18). The fourth-order valence-corrected chi connectivity index (χ4v) is 2.33. The zero-order valence-electron chi connectivity index (χ0n) is 10.2. The monoisotopic (exact) mass is 371 g/mol. The first kappa shape index (κ1) is 15.3. The number of nitro benzene ring substituents is 1. The van der Waals surface area contributed by atoms with Crippen molar-refractivity contribution in [2.45, 2.75) is 0 Å². The lowest BCUT2D eigenvalue weighted by atomic mass is 10.2. The summed E-state index contributed by atoms with van der Waals surface area (Å²) < 4.78 is 6.01. The number of nitro groups is 1. The highest BCUT2D eigenvalue weighted by molar-refractivity contribution is 9.10. The van der Waals surface area contributed by atoms with Gasteiger partial charge >= 0.3 is 5.97 Å². The number of aromatic carboxylic acids is 1. The molecule has 108 valence electrons. The second kappa shape index (κ2) is 6.11. The van der Waals surface area contributed by atoms with Crippen molar-refractivity contribution in [1.29, 1.82) is 0 Å². The third-order valence-electron chi connectivity index (χ3n) is 2.52. The minimum Gasteiger partial charge on any atom is -0.478 e. The summed E-state index contributed by atoms with van der Waals surface area (Å²) in [6.07, 6.45) is 0. The van der Waals surface area contributed by atoms with Gasteiger partial charge in [0.25, 0.3) is 5.69 Å². The number of rotatable bonds is 4. The van der Waals surface area contributed by atoms with E-state index in [-0.39, 0.29) is 17.0 Å². The molecule has 2 aromatic rings. The number of non-ortho nitro benzene ring substituents is 1. The Morgan fingerprint density at radius 1 is 1.24 bits per heavy atom. The zero-order chi connectivity index (χ0) is 15.6. The van der Waals surface area contributed by atoms with Crippen LogP contribution in [0.3, 0.4) is 0 Å². The highest BCUT2D eigenvalue weighted by Gasteiger charge is 2.18. The van der Waals surface area contributed by atoms with Crippen LogP contribution in [0, 0.1) is 10.1 Å². The largest absolute Gasteiger partial charge is 0.478 e. The van der Waals surface area contributed by atoms with Crippen LogP contribution in [-0.2, 0) is 0 Å². The fourth-order valence-electron chi connectivity index (χ4n) is 1.56. The van der Waals surface area contributed by atoms with E-state index in [1.165, 1.54) is 12.1 Å². The van der Waals surface area contributed by atoms with Crippen LogP contribution in [-0.4, -0.2) is 16.0 Å². The number of benzene rings is 2. The quantitative estimate of drug-likeness (QED) is 0.630. The molecule has 0 fully saturated rings. The lowest BCUT2D eigenvalue weighted by molar-refractivity contribution is -0.384. The Labute approximate surface area is 132 Å². The van der Waals surface area contributed by atoms with Gasteiger partial charge in [0, 0.05) is 17.2 Å². The van der Waals surface area contributed by atoms with Gasteiger partial charge in [-0.25, -0.2) is 4.79 Å². The molecule has 0 bridgehead atoms. The number of hydrogen-bond acceptors (Lipinski definition) is 4. The molecule has 0 saturated heterocycles. The van der Waals surface area contributed by atoms with Gasteiger partial charge in [-0.2, -0.15) is 0 Å². The van der Waals surface area contributed by atoms with E-state index in [4.69, 9.17) is 21.4 Å². The molecule has 21 heavy (non-hydrogen) atoms. The number of hydrogen-bond donors (Lipinski definition) is 1. The molecule has 0 radical (unpaired) electrons. The van der Waals surface area contributed by atoms with Crippen LogP contribution in [0.4, 0.5) is 5.69 Å². The molecule has 0 spiro atoms. The molecule has 0 saturated carbocycles. The first-order valence-electron chi connectivity index (χ1n) is 5.53. The van der Waals surface area contributed by atoms with Gasteiger partial charge < -0.3 is 9.84 Å². The summed E-state index contributed by atoms with van der Waals surface area (Å²) in [5.41, 5.74) is -0.624. The van der Waals surface area contributed by atoms with E-state index in [1.807, 2.05) is 0 Å². The number of carbonyl (C=O) groups is 1. The zero-order valence-corrected chi connectivity index (χ0v) is 12.6. The van der Waals surface area contributed by atoms with Crippen molar-refractivity contribution in [1.82, 2.24) is 0 Å². The Balaban J connectivity index is 2.44. The summed E-state index contributed by atoms with van der Waals surface area (Å²) in [6, 6.07) is 8.07.